The highest BCUT2D eigenvalue weighted by Crippen LogP contribution is 2.22. The Balaban J connectivity index is 2.19. The fraction of sp³-hybridized carbons (Fsp3) is 0.467. The summed E-state index contributed by atoms with van der Waals surface area (Å²) in [4.78, 5) is 4.34. The van der Waals surface area contributed by atoms with E-state index < -0.39 is 0 Å². The van der Waals surface area contributed by atoms with E-state index in [0.29, 0.717) is 0 Å². The van der Waals surface area contributed by atoms with Crippen molar-refractivity contribution in [1.82, 2.24) is 20.1 Å². The van der Waals surface area contributed by atoms with Crippen molar-refractivity contribution >= 4 is 0 Å². The summed E-state index contributed by atoms with van der Waals surface area (Å²) >= 11 is 0. The standard InChI is InChI=1S/C15H22N4/c1-4-6-16-8-13-7-14(10-17-9-13)15-11-19(5-2)18-12(15)3/h7,9-11,16H,4-6,8H2,1-3H3. The van der Waals surface area contributed by atoms with Gasteiger partial charge in [0.05, 0.1) is 5.69 Å². The van der Waals surface area contributed by atoms with Crippen molar-refractivity contribution in [2.45, 2.75) is 40.3 Å². The van der Waals surface area contributed by atoms with Crippen molar-refractivity contribution in [3.05, 3.63) is 35.9 Å². The van der Waals surface area contributed by atoms with Crippen molar-refractivity contribution in [2.75, 3.05) is 6.54 Å². The molecule has 0 radical (unpaired) electrons. The molecule has 0 fully saturated rings. The van der Waals surface area contributed by atoms with E-state index in [1.54, 1.807) is 0 Å². The zero-order valence-electron chi connectivity index (χ0n) is 12.0. The first-order valence-corrected chi connectivity index (χ1v) is 6.93. The molecular formula is C15H22N4. The first-order valence-electron chi connectivity index (χ1n) is 6.93. The van der Waals surface area contributed by atoms with Crippen LogP contribution in [0, 0.1) is 6.92 Å². The third kappa shape index (κ3) is 3.41. The second-order valence-corrected chi connectivity index (χ2v) is 4.74. The van der Waals surface area contributed by atoms with Crippen LogP contribution in [0.5, 0.6) is 0 Å². The lowest BCUT2D eigenvalue weighted by Crippen LogP contribution is -2.13. The summed E-state index contributed by atoms with van der Waals surface area (Å²) in [7, 11) is 0. The normalized spacial score (nSPS) is 10.9. The van der Waals surface area contributed by atoms with Crippen LogP contribution in [0.25, 0.3) is 11.1 Å². The highest BCUT2D eigenvalue weighted by molar-refractivity contribution is 5.64. The van der Waals surface area contributed by atoms with Crippen LogP contribution in [0.1, 0.15) is 31.5 Å². The van der Waals surface area contributed by atoms with Gasteiger partial charge in [0.25, 0.3) is 0 Å². The van der Waals surface area contributed by atoms with Crippen molar-refractivity contribution in [2.24, 2.45) is 0 Å². The van der Waals surface area contributed by atoms with Crippen molar-refractivity contribution in [1.29, 1.82) is 0 Å². The quantitative estimate of drug-likeness (QED) is 0.810. The summed E-state index contributed by atoms with van der Waals surface area (Å²) in [6, 6.07) is 2.19. The second-order valence-electron chi connectivity index (χ2n) is 4.74. The highest BCUT2D eigenvalue weighted by Gasteiger charge is 2.07. The summed E-state index contributed by atoms with van der Waals surface area (Å²) in [5.41, 5.74) is 4.59. The van der Waals surface area contributed by atoms with E-state index in [1.807, 2.05) is 24.0 Å². The number of pyridine rings is 1. The minimum absolute atomic E-state index is 0.871. The molecule has 102 valence electrons. The number of hydrogen-bond acceptors (Lipinski definition) is 3. The Morgan fingerprint density at radius 3 is 2.79 bits per heavy atom. The van der Waals surface area contributed by atoms with Gasteiger partial charge in [0.15, 0.2) is 0 Å². The molecule has 0 aliphatic heterocycles. The van der Waals surface area contributed by atoms with Gasteiger partial charge in [-0.1, -0.05) is 6.92 Å². The predicted octanol–water partition coefficient (Wildman–Crippen LogP) is 2.77. The molecule has 0 aliphatic rings. The Kier molecular flexibility index (Phi) is 4.68. The second kappa shape index (κ2) is 6.48. The molecule has 0 aromatic carbocycles. The Morgan fingerprint density at radius 1 is 1.26 bits per heavy atom. The van der Waals surface area contributed by atoms with E-state index in [-0.39, 0.29) is 0 Å². The van der Waals surface area contributed by atoms with Crippen LogP contribution in [0.4, 0.5) is 0 Å². The van der Waals surface area contributed by atoms with E-state index in [0.717, 1.165) is 37.3 Å². The van der Waals surface area contributed by atoms with Crippen molar-refractivity contribution in [3.63, 3.8) is 0 Å². The molecule has 0 saturated carbocycles. The van der Waals surface area contributed by atoms with Gasteiger partial charge in [0.2, 0.25) is 0 Å². The maximum Gasteiger partial charge on any atom is 0.0672 e. The molecule has 0 saturated heterocycles. The summed E-state index contributed by atoms with van der Waals surface area (Å²) in [6.07, 6.45) is 7.07. The van der Waals surface area contributed by atoms with Gasteiger partial charge in [0.1, 0.15) is 0 Å². The van der Waals surface area contributed by atoms with Gasteiger partial charge < -0.3 is 5.32 Å². The summed E-state index contributed by atoms with van der Waals surface area (Å²) in [5, 5.41) is 7.88. The van der Waals surface area contributed by atoms with Crippen molar-refractivity contribution in [3.8, 4) is 11.1 Å². The maximum atomic E-state index is 4.48. The molecule has 0 unspecified atom stereocenters. The minimum Gasteiger partial charge on any atom is -0.313 e. The third-order valence-electron chi connectivity index (χ3n) is 3.13. The molecule has 19 heavy (non-hydrogen) atoms. The van der Waals surface area contributed by atoms with Crippen LogP contribution in [-0.4, -0.2) is 21.3 Å². The molecule has 2 aromatic heterocycles. The van der Waals surface area contributed by atoms with E-state index >= 15 is 0 Å². The van der Waals surface area contributed by atoms with Crippen LogP contribution in [-0.2, 0) is 13.1 Å². The number of nitrogens with zero attached hydrogens (tertiary/aromatic N) is 3. The summed E-state index contributed by atoms with van der Waals surface area (Å²) in [6.45, 7) is 9.12. The molecule has 0 atom stereocenters. The number of rotatable bonds is 6. The monoisotopic (exact) mass is 258 g/mol. The van der Waals surface area contributed by atoms with Crippen LogP contribution in [0.15, 0.2) is 24.7 Å². The smallest absolute Gasteiger partial charge is 0.0672 e. The first-order chi connectivity index (χ1) is 9.24. The summed E-state index contributed by atoms with van der Waals surface area (Å²) in [5.74, 6) is 0. The topological polar surface area (TPSA) is 42.7 Å². The van der Waals surface area contributed by atoms with E-state index in [2.05, 4.69) is 41.5 Å². The molecular weight excluding hydrogens is 236 g/mol. The van der Waals surface area contributed by atoms with Gasteiger partial charge in [0, 0.05) is 42.8 Å². The number of aryl methyl sites for hydroxylation is 2. The van der Waals surface area contributed by atoms with Gasteiger partial charge in [-0.25, -0.2) is 0 Å². The van der Waals surface area contributed by atoms with E-state index in [1.165, 1.54) is 11.1 Å². The molecule has 0 bridgehead atoms. The van der Waals surface area contributed by atoms with Gasteiger partial charge in [-0.15, -0.1) is 0 Å². The largest absolute Gasteiger partial charge is 0.313 e. The van der Waals surface area contributed by atoms with Crippen LogP contribution < -0.4 is 5.32 Å². The van der Waals surface area contributed by atoms with Crippen LogP contribution in [0.3, 0.4) is 0 Å². The zero-order chi connectivity index (χ0) is 13.7. The number of hydrogen-bond donors (Lipinski definition) is 1. The lowest BCUT2D eigenvalue weighted by atomic mass is 10.1. The Hall–Kier alpha value is -1.68. The molecule has 0 aliphatic carbocycles. The van der Waals surface area contributed by atoms with Gasteiger partial charge in [-0.05, 0) is 38.4 Å². The molecule has 1 N–H and O–H groups in total. The molecule has 4 heteroatoms. The van der Waals surface area contributed by atoms with E-state index in [9.17, 15) is 0 Å². The third-order valence-corrected chi connectivity index (χ3v) is 3.13. The van der Waals surface area contributed by atoms with Gasteiger partial charge in [-0.2, -0.15) is 5.10 Å². The molecule has 2 rings (SSSR count). The lowest BCUT2D eigenvalue weighted by molar-refractivity contribution is 0.653. The van der Waals surface area contributed by atoms with E-state index in [4.69, 9.17) is 0 Å². The van der Waals surface area contributed by atoms with Crippen molar-refractivity contribution < 1.29 is 0 Å². The molecule has 0 spiro atoms. The molecule has 2 aromatic rings. The molecule has 4 nitrogen and oxygen atoms in total. The molecule has 0 amide bonds. The predicted molar refractivity (Wildman–Crippen MR) is 77.9 cm³/mol. The molecule has 2 heterocycles. The number of aromatic nitrogens is 3. The Labute approximate surface area is 114 Å². The zero-order valence-corrected chi connectivity index (χ0v) is 12.0. The Bertz CT molecular complexity index is 531. The van der Waals surface area contributed by atoms with Gasteiger partial charge >= 0.3 is 0 Å². The number of nitrogens with one attached hydrogen (secondary N) is 1. The fourth-order valence-electron chi connectivity index (χ4n) is 2.10. The fourth-order valence-corrected chi connectivity index (χ4v) is 2.10. The minimum atomic E-state index is 0.871. The SMILES string of the molecule is CCCNCc1cncc(-c2cn(CC)nc2C)c1. The van der Waals surface area contributed by atoms with Crippen LogP contribution >= 0.6 is 0 Å². The average Bonchev–Trinajstić information content (AvgIpc) is 2.81. The summed E-state index contributed by atoms with van der Waals surface area (Å²) < 4.78 is 1.96. The highest BCUT2D eigenvalue weighted by atomic mass is 15.3. The first kappa shape index (κ1) is 13.7. The lowest BCUT2D eigenvalue weighted by Gasteiger charge is -2.05. The van der Waals surface area contributed by atoms with Gasteiger partial charge in [-0.3, -0.25) is 9.67 Å². The average molecular weight is 258 g/mol. The Morgan fingerprint density at radius 2 is 2.11 bits per heavy atom. The maximum absolute atomic E-state index is 4.48. The van der Waals surface area contributed by atoms with Crippen LogP contribution in [0.2, 0.25) is 0 Å².